The van der Waals surface area contributed by atoms with Crippen LogP contribution in [0.5, 0.6) is 0 Å². The third-order valence-corrected chi connectivity index (χ3v) is 1.54. The second kappa shape index (κ2) is 3.08. The third kappa shape index (κ3) is 1.26. The minimum absolute atomic E-state index is 0.0366. The Hall–Kier alpha value is -1.14. The first-order chi connectivity index (χ1) is 5.67. The van der Waals surface area contributed by atoms with E-state index in [-0.39, 0.29) is 13.2 Å². The molecule has 1 aliphatic heterocycles. The van der Waals surface area contributed by atoms with Crippen LogP contribution in [0.25, 0.3) is 0 Å². The Morgan fingerprint density at radius 2 is 2.33 bits per heavy atom. The van der Waals surface area contributed by atoms with Gasteiger partial charge in [0.05, 0.1) is 13.2 Å². The summed E-state index contributed by atoms with van der Waals surface area (Å²) in [5, 5.41) is 0. The van der Waals surface area contributed by atoms with Crippen molar-refractivity contribution >= 4 is 11.9 Å². The van der Waals surface area contributed by atoms with Crippen molar-refractivity contribution in [1.29, 1.82) is 0 Å². The molecule has 1 unspecified atom stereocenters. The molecule has 0 radical (unpaired) electrons. The Kier molecular flexibility index (Phi) is 2.30. The zero-order chi connectivity index (χ0) is 9.19. The minimum Gasteiger partial charge on any atom is -0.463 e. The highest BCUT2D eigenvalue weighted by atomic mass is 16.6. The van der Waals surface area contributed by atoms with Crippen molar-refractivity contribution in [2.75, 3.05) is 13.2 Å². The minimum atomic E-state index is -1.47. The fourth-order valence-corrected chi connectivity index (χ4v) is 0.778. The first kappa shape index (κ1) is 8.95. The molecule has 0 aromatic heterocycles. The number of carbonyl (C=O) groups is 2. The molecule has 12 heavy (non-hydrogen) atoms. The highest BCUT2D eigenvalue weighted by molar-refractivity contribution is 6.08. The average molecular weight is 174 g/mol. The molecule has 1 saturated heterocycles. The summed E-state index contributed by atoms with van der Waals surface area (Å²) >= 11 is 0. The van der Waals surface area contributed by atoms with Crippen molar-refractivity contribution in [3.05, 3.63) is 0 Å². The highest BCUT2D eigenvalue weighted by Crippen LogP contribution is 2.28. The van der Waals surface area contributed by atoms with Gasteiger partial charge in [-0.3, -0.25) is 10.2 Å². The lowest BCUT2D eigenvalue weighted by Crippen LogP contribution is -2.47. The lowest BCUT2D eigenvalue weighted by atomic mass is 10.1. The number of rotatable bonds is 3. The zero-order valence-electron chi connectivity index (χ0n) is 6.62. The van der Waals surface area contributed by atoms with E-state index in [0.29, 0.717) is 0 Å². The van der Waals surface area contributed by atoms with Gasteiger partial charge in [0.2, 0.25) is 0 Å². The average Bonchev–Trinajstić information content (AvgIpc) is 2.84. The Morgan fingerprint density at radius 1 is 1.75 bits per heavy atom. The molecule has 0 spiro atoms. The number of esters is 1. The largest absolute Gasteiger partial charge is 0.463 e. The number of amides is 1. The number of epoxide rings is 1. The van der Waals surface area contributed by atoms with Gasteiger partial charge in [0.25, 0.3) is 11.5 Å². The standard InChI is InChI=1S/C6H10N2O4/c1-2-11-5(10)6(3-12-6)4(9)8-7/h2-3,7H2,1H3,(H,8,9). The summed E-state index contributed by atoms with van der Waals surface area (Å²) in [4.78, 5) is 22.0. The van der Waals surface area contributed by atoms with Crippen LogP contribution in [-0.2, 0) is 19.1 Å². The summed E-state index contributed by atoms with van der Waals surface area (Å²) in [6, 6.07) is 0. The van der Waals surface area contributed by atoms with Crippen LogP contribution >= 0.6 is 0 Å². The molecule has 0 bridgehead atoms. The normalized spacial score (nSPS) is 26.2. The van der Waals surface area contributed by atoms with Gasteiger partial charge in [-0.2, -0.15) is 0 Å². The van der Waals surface area contributed by atoms with Gasteiger partial charge in [-0.25, -0.2) is 10.6 Å². The van der Waals surface area contributed by atoms with Gasteiger partial charge < -0.3 is 9.47 Å². The smallest absolute Gasteiger partial charge is 0.350 e. The fraction of sp³-hybridized carbons (Fsp3) is 0.667. The summed E-state index contributed by atoms with van der Waals surface area (Å²) in [6.07, 6.45) is 0. The highest BCUT2D eigenvalue weighted by Gasteiger charge is 2.60. The van der Waals surface area contributed by atoms with Crippen molar-refractivity contribution in [2.24, 2.45) is 5.84 Å². The van der Waals surface area contributed by atoms with Crippen LogP contribution < -0.4 is 11.3 Å². The topological polar surface area (TPSA) is 94.0 Å². The molecule has 3 N–H and O–H groups in total. The van der Waals surface area contributed by atoms with Crippen LogP contribution in [0.2, 0.25) is 0 Å². The first-order valence-electron chi connectivity index (χ1n) is 3.49. The van der Waals surface area contributed by atoms with E-state index in [2.05, 4.69) is 4.74 Å². The van der Waals surface area contributed by atoms with E-state index in [4.69, 9.17) is 10.6 Å². The van der Waals surface area contributed by atoms with E-state index in [1.165, 1.54) is 0 Å². The Balaban J connectivity index is 2.60. The maximum atomic E-state index is 11.1. The van der Waals surface area contributed by atoms with Crippen LogP contribution in [0.4, 0.5) is 0 Å². The predicted molar refractivity (Wildman–Crippen MR) is 37.6 cm³/mol. The van der Waals surface area contributed by atoms with Crippen molar-refractivity contribution in [3.63, 3.8) is 0 Å². The summed E-state index contributed by atoms with van der Waals surface area (Å²) in [6.45, 7) is 1.89. The number of hydrogen-bond donors (Lipinski definition) is 2. The lowest BCUT2D eigenvalue weighted by molar-refractivity contribution is -0.153. The molecule has 6 nitrogen and oxygen atoms in total. The van der Waals surface area contributed by atoms with Crippen LogP contribution in [-0.4, -0.2) is 30.7 Å². The lowest BCUT2D eigenvalue weighted by Gasteiger charge is -2.07. The second-order valence-electron chi connectivity index (χ2n) is 2.31. The van der Waals surface area contributed by atoms with Gasteiger partial charge in [-0.15, -0.1) is 0 Å². The third-order valence-electron chi connectivity index (χ3n) is 1.54. The van der Waals surface area contributed by atoms with Crippen molar-refractivity contribution in [2.45, 2.75) is 12.5 Å². The SMILES string of the molecule is CCOC(=O)C1(C(=O)NN)CO1. The Morgan fingerprint density at radius 3 is 2.67 bits per heavy atom. The molecule has 68 valence electrons. The number of hydrogen-bond acceptors (Lipinski definition) is 5. The van der Waals surface area contributed by atoms with Gasteiger partial charge >= 0.3 is 5.97 Å². The van der Waals surface area contributed by atoms with E-state index in [1.807, 2.05) is 5.43 Å². The number of carbonyl (C=O) groups excluding carboxylic acids is 2. The molecule has 0 aliphatic carbocycles. The Labute approximate surface area is 69.0 Å². The monoisotopic (exact) mass is 174 g/mol. The second-order valence-corrected chi connectivity index (χ2v) is 2.31. The quantitative estimate of drug-likeness (QED) is 0.133. The molecule has 0 aromatic rings. The number of hydrazine groups is 1. The fourth-order valence-electron chi connectivity index (χ4n) is 0.778. The molecule has 1 heterocycles. The number of nitrogens with one attached hydrogen (secondary N) is 1. The summed E-state index contributed by atoms with van der Waals surface area (Å²) in [5.41, 5.74) is 0.375. The van der Waals surface area contributed by atoms with Gasteiger partial charge in [0.1, 0.15) is 0 Å². The Bertz CT molecular complexity index is 212. The van der Waals surface area contributed by atoms with Gasteiger partial charge in [0, 0.05) is 0 Å². The van der Waals surface area contributed by atoms with Crippen LogP contribution in [0.1, 0.15) is 6.92 Å². The van der Waals surface area contributed by atoms with E-state index in [9.17, 15) is 9.59 Å². The summed E-state index contributed by atoms with van der Waals surface area (Å²) in [5.74, 6) is 3.49. The molecule has 0 aromatic carbocycles. The maximum absolute atomic E-state index is 11.1. The zero-order valence-corrected chi connectivity index (χ0v) is 6.62. The van der Waals surface area contributed by atoms with Crippen LogP contribution in [0.15, 0.2) is 0 Å². The van der Waals surface area contributed by atoms with Gasteiger partial charge in [-0.1, -0.05) is 0 Å². The molecular weight excluding hydrogens is 164 g/mol. The van der Waals surface area contributed by atoms with E-state index < -0.39 is 17.5 Å². The number of ether oxygens (including phenoxy) is 2. The van der Waals surface area contributed by atoms with Crippen LogP contribution in [0.3, 0.4) is 0 Å². The molecule has 6 heteroatoms. The van der Waals surface area contributed by atoms with Crippen molar-refractivity contribution in [1.82, 2.24) is 5.43 Å². The first-order valence-corrected chi connectivity index (χ1v) is 3.49. The molecule has 1 rings (SSSR count). The maximum Gasteiger partial charge on any atom is 0.350 e. The van der Waals surface area contributed by atoms with E-state index in [1.54, 1.807) is 6.92 Å². The van der Waals surface area contributed by atoms with Gasteiger partial charge in [-0.05, 0) is 6.92 Å². The summed E-state index contributed by atoms with van der Waals surface area (Å²) < 4.78 is 9.31. The molecule has 1 aliphatic rings. The summed E-state index contributed by atoms with van der Waals surface area (Å²) in [7, 11) is 0. The molecule has 0 saturated carbocycles. The van der Waals surface area contributed by atoms with E-state index >= 15 is 0 Å². The van der Waals surface area contributed by atoms with Gasteiger partial charge in [0.15, 0.2) is 0 Å². The molecule has 1 amide bonds. The molecule has 1 fully saturated rings. The molecule has 1 atom stereocenters. The van der Waals surface area contributed by atoms with E-state index in [0.717, 1.165) is 0 Å². The van der Waals surface area contributed by atoms with Crippen LogP contribution in [0, 0.1) is 0 Å². The van der Waals surface area contributed by atoms with Crippen molar-refractivity contribution < 1.29 is 19.1 Å². The van der Waals surface area contributed by atoms with Crippen molar-refractivity contribution in [3.8, 4) is 0 Å². The number of nitrogens with two attached hydrogens (primary N) is 1. The predicted octanol–water partition coefficient (Wildman–Crippen LogP) is -1.69. The molecular formula is C6H10N2O4.